The molecule has 17 heavy (non-hydrogen) atoms. The second-order valence-corrected chi connectivity index (χ2v) is 5.92. The molecule has 0 amide bonds. The molecule has 1 aromatic rings. The summed E-state index contributed by atoms with van der Waals surface area (Å²) in [6.07, 6.45) is 1.22. The van der Waals surface area contributed by atoms with Crippen LogP contribution < -0.4 is 5.32 Å². The number of thiophene rings is 1. The molecule has 0 radical (unpaired) electrons. The van der Waals surface area contributed by atoms with Gasteiger partial charge in [-0.1, -0.05) is 19.9 Å². The Morgan fingerprint density at radius 3 is 2.76 bits per heavy atom. The van der Waals surface area contributed by atoms with Crippen LogP contribution in [0.15, 0.2) is 17.5 Å². The molecule has 0 fully saturated rings. The predicted molar refractivity (Wildman–Crippen MR) is 77.7 cm³/mol. The first kappa shape index (κ1) is 14.7. The van der Waals surface area contributed by atoms with Crippen LogP contribution in [-0.2, 0) is 0 Å². The number of rotatable bonds is 8. The molecular weight excluding hydrogens is 228 g/mol. The molecule has 0 saturated heterocycles. The zero-order valence-corrected chi connectivity index (χ0v) is 12.4. The van der Waals surface area contributed by atoms with Gasteiger partial charge in [-0.2, -0.15) is 0 Å². The van der Waals surface area contributed by atoms with Crippen LogP contribution in [0.3, 0.4) is 0 Å². The van der Waals surface area contributed by atoms with Crippen LogP contribution in [0.5, 0.6) is 0 Å². The van der Waals surface area contributed by atoms with Gasteiger partial charge in [0.25, 0.3) is 0 Å². The molecule has 0 aliphatic heterocycles. The summed E-state index contributed by atoms with van der Waals surface area (Å²) in [5, 5.41) is 5.65. The van der Waals surface area contributed by atoms with Crippen LogP contribution >= 0.6 is 11.3 Å². The van der Waals surface area contributed by atoms with Crippen molar-refractivity contribution >= 4 is 11.3 Å². The van der Waals surface area contributed by atoms with Crippen molar-refractivity contribution in [3.63, 3.8) is 0 Å². The second-order valence-electron chi connectivity index (χ2n) is 4.94. The van der Waals surface area contributed by atoms with E-state index in [4.69, 9.17) is 0 Å². The van der Waals surface area contributed by atoms with E-state index in [9.17, 15) is 0 Å². The second kappa shape index (κ2) is 7.85. The Morgan fingerprint density at radius 2 is 2.18 bits per heavy atom. The summed E-state index contributed by atoms with van der Waals surface area (Å²) in [5.41, 5.74) is 0. The summed E-state index contributed by atoms with van der Waals surface area (Å²) in [5.74, 6) is 0.703. The third-order valence-electron chi connectivity index (χ3n) is 3.14. The smallest absolute Gasteiger partial charge is 0.0410 e. The van der Waals surface area contributed by atoms with E-state index in [-0.39, 0.29) is 0 Å². The van der Waals surface area contributed by atoms with E-state index in [0.29, 0.717) is 12.0 Å². The van der Waals surface area contributed by atoms with E-state index in [1.807, 2.05) is 11.3 Å². The lowest BCUT2D eigenvalue weighted by Crippen LogP contribution is -2.32. The first-order chi connectivity index (χ1) is 8.15. The van der Waals surface area contributed by atoms with Crippen LogP contribution in [0, 0.1) is 5.92 Å². The Labute approximate surface area is 110 Å². The van der Waals surface area contributed by atoms with E-state index >= 15 is 0 Å². The Kier molecular flexibility index (Phi) is 6.78. The lowest BCUT2D eigenvalue weighted by Gasteiger charge is -2.27. The highest BCUT2D eigenvalue weighted by atomic mass is 32.1. The maximum Gasteiger partial charge on any atom is 0.0410 e. The molecule has 1 aromatic heterocycles. The molecule has 0 aliphatic carbocycles. The average Bonchev–Trinajstić information content (AvgIpc) is 2.81. The standard InChI is InChI=1S/C14H26N2S/c1-5-8-15-10-12(2)11-16(4)13(3)14-7-6-9-17-14/h6-7,9,12-13,15H,5,8,10-11H2,1-4H3. The van der Waals surface area contributed by atoms with Crippen LogP contribution in [0.2, 0.25) is 0 Å². The van der Waals surface area contributed by atoms with Gasteiger partial charge in [-0.15, -0.1) is 11.3 Å². The van der Waals surface area contributed by atoms with E-state index in [0.717, 1.165) is 19.6 Å². The predicted octanol–water partition coefficient (Wildman–Crippen LogP) is 3.38. The molecule has 0 bridgehead atoms. The summed E-state index contributed by atoms with van der Waals surface area (Å²) in [6.45, 7) is 10.2. The normalized spacial score (nSPS) is 15.1. The summed E-state index contributed by atoms with van der Waals surface area (Å²) in [7, 11) is 2.22. The third kappa shape index (κ3) is 5.19. The zero-order valence-electron chi connectivity index (χ0n) is 11.6. The molecule has 0 aromatic carbocycles. The molecule has 2 nitrogen and oxygen atoms in total. The molecule has 1 rings (SSSR count). The molecule has 0 saturated carbocycles. The third-order valence-corrected chi connectivity index (χ3v) is 4.18. The van der Waals surface area contributed by atoms with Gasteiger partial charge in [0.05, 0.1) is 0 Å². The lowest BCUT2D eigenvalue weighted by atomic mass is 10.1. The number of nitrogens with one attached hydrogen (secondary N) is 1. The van der Waals surface area contributed by atoms with Gasteiger partial charge in [0.1, 0.15) is 0 Å². The maximum absolute atomic E-state index is 3.49. The Bertz CT molecular complexity index is 284. The highest BCUT2D eigenvalue weighted by molar-refractivity contribution is 7.10. The molecule has 1 heterocycles. The molecule has 0 aliphatic rings. The SMILES string of the molecule is CCCNCC(C)CN(C)C(C)c1cccs1. The molecule has 1 N–H and O–H groups in total. The molecular formula is C14H26N2S. The van der Waals surface area contributed by atoms with E-state index < -0.39 is 0 Å². The summed E-state index contributed by atoms with van der Waals surface area (Å²) in [6, 6.07) is 4.89. The van der Waals surface area contributed by atoms with Crippen molar-refractivity contribution in [1.82, 2.24) is 10.2 Å². The van der Waals surface area contributed by atoms with Gasteiger partial charge >= 0.3 is 0 Å². The van der Waals surface area contributed by atoms with Crippen molar-refractivity contribution < 1.29 is 0 Å². The van der Waals surface area contributed by atoms with E-state index in [1.54, 1.807) is 0 Å². The van der Waals surface area contributed by atoms with E-state index in [2.05, 4.69) is 55.5 Å². The minimum atomic E-state index is 0.531. The minimum Gasteiger partial charge on any atom is -0.316 e. The summed E-state index contributed by atoms with van der Waals surface area (Å²) < 4.78 is 0. The number of hydrogen-bond acceptors (Lipinski definition) is 3. The van der Waals surface area contributed by atoms with Crippen molar-refractivity contribution in [2.24, 2.45) is 5.92 Å². The van der Waals surface area contributed by atoms with Gasteiger partial charge in [0.2, 0.25) is 0 Å². The monoisotopic (exact) mass is 254 g/mol. The molecule has 2 unspecified atom stereocenters. The zero-order chi connectivity index (χ0) is 12.7. The van der Waals surface area contributed by atoms with Crippen molar-refractivity contribution in [3.05, 3.63) is 22.4 Å². The van der Waals surface area contributed by atoms with Gasteiger partial charge in [0, 0.05) is 17.5 Å². The Hall–Kier alpha value is -0.380. The fraction of sp³-hybridized carbons (Fsp3) is 0.714. The van der Waals surface area contributed by atoms with Crippen molar-refractivity contribution in [1.29, 1.82) is 0 Å². The molecule has 0 spiro atoms. The highest BCUT2D eigenvalue weighted by Gasteiger charge is 2.14. The fourth-order valence-electron chi connectivity index (χ4n) is 1.99. The Balaban J connectivity index is 2.30. The van der Waals surface area contributed by atoms with Gasteiger partial charge in [-0.05, 0) is 50.8 Å². The minimum absolute atomic E-state index is 0.531. The Morgan fingerprint density at radius 1 is 1.41 bits per heavy atom. The van der Waals surface area contributed by atoms with Gasteiger partial charge in [-0.25, -0.2) is 0 Å². The van der Waals surface area contributed by atoms with Crippen LogP contribution in [-0.4, -0.2) is 31.6 Å². The molecule has 3 heteroatoms. The highest BCUT2D eigenvalue weighted by Crippen LogP contribution is 2.23. The van der Waals surface area contributed by atoms with Crippen molar-refractivity contribution in [3.8, 4) is 0 Å². The fourth-order valence-corrected chi connectivity index (χ4v) is 2.83. The van der Waals surface area contributed by atoms with Crippen molar-refractivity contribution in [2.75, 3.05) is 26.7 Å². The number of nitrogens with zero attached hydrogens (tertiary/aromatic N) is 1. The van der Waals surface area contributed by atoms with E-state index in [1.165, 1.54) is 11.3 Å². The van der Waals surface area contributed by atoms with Crippen molar-refractivity contribution in [2.45, 2.75) is 33.2 Å². The largest absolute Gasteiger partial charge is 0.316 e. The molecule has 2 atom stereocenters. The van der Waals surface area contributed by atoms with Gasteiger partial charge in [-0.3, -0.25) is 4.90 Å². The quantitative estimate of drug-likeness (QED) is 0.716. The maximum atomic E-state index is 3.49. The van der Waals surface area contributed by atoms with Gasteiger partial charge < -0.3 is 5.32 Å². The lowest BCUT2D eigenvalue weighted by molar-refractivity contribution is 0.226. The topological polar surface area (TPSA) is 15.3 Å². The number of hydrogen-bond donors (Lipinski definition) is 1. The molecule has 98 valence electrons. The van der Waals surface area contributed by atoms with Gasteiger partial charge in [0.15, 0.2) is 0 Å². The summed E-state index contributed by atoms with van der Waals surface area (Å²) in [4.78, 5) is 3.91. The summed E-state index contributed by atoms with van der Waals surface area (Å²) >= 11 is 1.85. The first-order valence-electron chi connectivity index (χ1n) is 6.59. The van der Waals surface area contributed by atoms with Crippen LogP contribution in [0.1, 0.15) is 38.1 Å². The van der Waals surface area contributed by atoms with Crippen LogP contribution in [0.4, 0.5) is 0 Å². The average molecular weight is 254 g/mol. The van der Waals surface area contributed by atoms with Crippen LogP contribution in [0.25, 0.3) is 0 Å². The first-order valence-corrected chi connectivity index (χ1v) is 7.47.